The van der Waals surface area contributed by atoms with E-state index < -0.39 is 0 Å². The zero-order chi connectivity index (χ0) is 16.4. The molecule has 130 valence electrons. The molecule has 0 aliphatic heterocycles. The molecule has 2 N–H and O–H groups in total. The fraction of sp³-hybridized carbons (Fsp3) is 0.533. The van der Waals surface area contributed by atoms with Crippen LogP contribution in [0.1, 0.15) is 19.4 Å². The van der Waals surface area contributed by atoms with E-state index in [0.717, 1.165) is 5.56 Å². The van der Waals surface area contributed by atoms with E-state index >= 15 is 0 Å². The van der Waals surface area contributed by atoms with Gasteiger partial charge in [0, 0.05) is 32.4 Å². The van der Waals surface area contributed by atoms with Gasteiger partial charge in [0.25, 0.3) is 0 Å². The third kappa shape index (κ3) is 8.00. The molecule has 1 aromatic rings. The van der Waals surface area contributed by atoms with Crippen LogP contribution in [0, 0.1) is 0 Å². The third-order valence-corrected chi connectivity index (χ3v) is 2.79. The molecule has 1 amide bonds. The molecule has 0 saturated heterocycles. The fourth-order valence-corrected chi connectivity index (χ4v) is 1.63. The highest BCUT2D eigenvalue weighted by Gasteiger charge is 2.07. The van der Waals surface area contributed by atoms with Gasteiger partial charge in [-0.15, -0.1) is 24.0 Å². The molecule has 1 heterocycles. The maximum atomic E-state index is 11.6. The van der Waals surface area contributed by atoms with Crippen LogP contribution in [-0.2, 0) is 11.3 Å². The number of carbonyl (C=O) groups is 1. The van der Waals surface area contributed by atoms with Gasteiger partial charge in [-0.2, -0.15) is 0 Å². The third-order valence-electron chi connectivity index (χ3n) is 2.79. The summed E-state index contributed by atoms with van der Waals surface area (Å²) in [5.41, 5.74) is 0.903. The lowest BCUT2D eigenvalue weighted by Gasteiger charge is -2.14. The number of amides is 1. The number of guanidine groups is 1. The minimum atomic E-state index is -0.0120. The quantitative estimate of drug-likeness (QED) is 0.383. The first-order chi connectivity index (χ1) is 10.6. The summed E-state index contributed by atoms with van der Waals surface area (Å²) in [5, 5.41) is 6.12. The lowest BCUT2D eigenvalue weighted by atomic mass is 10.3. The first kappa shape index (κ1) is 21.4. The Bertz CT molecular complexity index is 508. The fourth-order valence-electron chi connectivity index (χ4n) is 1.63. The summed E-state index contributed by atoms with van der Waals surface area (Å²) in [6.45, 7) is 5.79. The molecule has 1 rings (SSSR count). The molecule has 0 bridgehead atoms. The van der Waals surface area contributed by atoms with E-state index in [2.05, 4.69) is 20.6 Å². The molecule has 1 aromatic heterocycles. The first-order valence-electron chi connectivity index (χ1n) is 7.37. The van der Waals surface area contributed by atoms with Gasteiger partial charge in [-0.05, 0) is 19.9 Å². The molecule has 7 nitrogen and oxygen atoms in total. The molecule has 0 spiro atoms. The lowest BCUT2D eigenvalue weighted by molar-refractivity contribution is -0.127. The summed E-state index contributed by atoms with van der Waals surface area (Å²) in [6.07, 6.45) is 1.69. The molecular formula is C15H26IN5O2. The average molecular weight is 435 g/mol. The van der Waals surface area contributed by atoms with Crippen molar-refractivity contribution in [2.75, 3.05) is 33.8 Å². The van der Waals surface area contributed by atoms with Crippen LogP contribution < -0.4 is 15.4 Å². The average Bonchev–Trinajstić information content (AvgIpc) is 2.51. The van der Waals surface area contributed by atoms with Crippen molar-refractivity contribution in [2.24, 2.45) is 4.99 Å². The van der Waals surface area contributed by atoms with Gasteiger partial charge in [-0.3, -0.25) is 4.79 Å². The smallest absolute Gasteiger partial charge is 0.241 e. The van der Waals surface area contributed by atoms with Crippen LogP contribution in [0.3, 0.4) is 0 Å². The molecule has 0 aliphatic carbocycles. The van der Waals surface area contributed by atoms with Gasteiger partial charge in [0.05, 0.1) is 19.7 Å². The zero-order valence-corrected chi connectivity index (χ0v) is 16.5. The molecule has 23 heavy (non-hydrogen) atoms. The molecule has 8 heteroatoms. The Labute approximate surface area is 154 Å². The molecular weight excluding hydrogens is 409 g/mol. The van der Waals surface area contributed by atoms with Crippen LogP contribution in [0.4, 0.5) is 0 Å². The van der Waals surface area contributed by atoms with E-state index in [1.165, 1.54) is 4.90 Å². The first-order valence-corrected chi connectivity index (χ1v) is 7.37. The SMILES string of the molecule is CCNC(=NCc1cccnc1OCC)NCC(=O)N(C)C.I. The largest absolute Gasteiger partial charge is 0.478 e. The molecule has 0 fully saturated rings. The minimum Gasteiger partial charge on any atom is -0.478 e. The normalized spacial score (nSPS) is 10.5. The Balaban J connectivity index is 0.00000484. The summed E-state index contributed by atoms with van der Waals surface area (Å²) < 4.78 is 5.48. The van der Waals surface area contributed by atoms with E-state index in [1.54, 1.807) is 20.3 Å². The number of halogens is 1. The summed E-state index contributed by atoms with van der Waals surface area (Å²) in [4.78, 5) is 21.8. The Hall–Kier alpha value is -1.58. The number of rotatable bonds is 7. The predicted octanol–water partition coefficient (Wildman–Crippen LogP) is 1.24. The van der Waals surface area contributed by atoms with Gasteiger partial charge in [0.1, 0.15) is 0 Å². The van der Waals surface area contributed by atoms with Crippen molar-refractivity contribution in [1.29, 1.82) is 0 Å². The summed E-state index contributed by atoms with van der Waals surface area (Å²) in [7, 11) is 3.44. The monoisotopic (exact) mass is 435 g/mol. The number of hydrogen-bond acceptors (Lipinski definition) is 4. The Morgan fingerprint density at radius 1 is 1.35 bits per heavy atom. The summed E-state index contributed by atoms with van der Waals surface area (Å²) in [5.74, 6) is 1.17. The van der Waals surface area contributed by atoms with Crippen molar-refractivity contribution in [3.63, 3.8) is 0 Å². The van der Waals surface area contributed by atoms with E-state index in [1.807, 2.05) is 26.0 Å². The highest BCUT2D eigenvalue weighted by atomic mass is 127. The lowest BCUT2D eigenvalue weighted by Crippen LogP contribution is -2.42. The van der Waals surface area contributed by atoms with Crippen molar-refractivity contribution < 1.29 is 9.53 Å². The predicted molar refractivity (Wildman–Crippen MR) is 102 cm³/mol. The van der Waals surface area contributed by atoms with Gasteiger partial charge < -0.3 is 20.3 Å². The van der Waals surface area contributed by atoms with Gasteiger partial charge in [0.2, 0.25) is 11.8 Å². The van der Waals surface area contributed by atoms with Gasteiger partial charge in [-0.1, -0.05) is 6.07 Å². The van der Waals surface area contributed by atoms with Crippen LogP contribution >= 0.6 is 24.0 Å². The van der Waals surface area contributed by atoms with Crippen LogP contribution in [0.25, 0.3) is 0 Å². The minimum absolute atomic E-state index is 0. The van der Waals surface area contributed by atoms with E-state index in [4.69, 9.17) is 4.74 Å². The van der Waals surface area contributed by atoms with Crippen molar-refractivity contribution in [3.8, 4) is 5.88 Å². The number of likely N-dealkylation sites (N-methyl/N-ethyl adjacent to an activating group) is 1. The number of pyridine rings is 1. The second-order valence-corrected chi connectivity index (χ2v) is 4.74. The Morgan fingerprint density at radius 3 is 2.70 bits per heavy atom. The second kappa shape index (κ2) is 11.9. The topological polar surface area (TPSA) is 78.9 Å². The number of nitrogens with zero attached hydrogens (tertiary/aromatic N) is 3. The standard InChI is InChI=1S/C15H25N5O2.HI/c1-5-16-15(19-11-13(21)20(3)4)18-10-12-8-7-9-17-14(12)22-6-2;/h7-9H,5-6,10-11H2,1-4H3,(H2,16,18,19);1H. The molecule has 0 unspecified atom stereocenters. The van der Waals surface area contributed by atoms with Crippen LogP contribution in [0.15, 0.2) is 23.3 Å². The van der Waals surface area contributed by atoms with E-state index in [9.17, 15) is 4.79 Å². The number of ether oxygens (including phenoxy) is 1. The van der Waals surface area contributed by atoms with Crippen molar-refractivity contribution in [2.45, 2.75) is 20.4 Å². The number of aliphatic imine (C=N–C) groups is 1. The van der Waals surface area contributed by atoms with Crippen molar-refractivity contribution >= 4 is 35.8 Å². The van der Waals surface area contributed by atoms with Gasteiger partial charge >= 0.3 is 0 Å². The van der Waals surface area contributed by atoms with E-state index in [0.29, 0.717) is 31.5 Å². The van der Waals surface area contributed by atoms with Gasteiger partial charge in [-0.25, -0.2) is 9.98 Å². The van der Waals surface area contributed by atoms with Crippen molar-refractivity contribution in [1.82, 2.24) is 20.5 Å². The van der Waals surface area contributed by atoms with Crippen LogP contribution in [0.5, 0.6) is 5.88 Å². The Morgan fingerprint density at radius 2 is 2.09 bits per heavy atom. The molecule has 0 atom stereocenters. The molecule has 0 radical (unpaired) electrons. The highest BCUT2D eigenvalue weighted by Crippen LogP contribution is 2.15. The highest BCUT2D eigenvalue weighted by molar-refractivity contribution is 14.0. The second-order valence-electron chi connectivity index (χ2n) is 4.74. The van der Waals surface area contributed by atoms with E-state index in [-0.39, 0.29) is 36.4 Å². The maximum Gasteiger partial charge on any atom is 0.241 e. The van der Waals surface area contributed by atoms with Gasteiger partial charge in [0.15, 0.2) is 5.96 Å². The summed E-state index contributed by atoms with van der Waals surface area (Å²) in [6, 6.07) is 3.78. The van der Waals surface area contributed by atoms with Crippen molar-refractivity contribution in [3.05, 3.63) is 23.9 Å². The van der Waals surface area contributed by atoms with Crippen LogP contribution in [-0.4, -0.2) is 55.5 Å². The zero-order valence-electron chi connectivity index (χ0n) is 14.1. The number of nitrogens with one attached hydrogen (secondary N) is 2. The molecule has 0 aliphatic rings. The number of aromatic nitrogens is 1. The van der Waals surface area contributed by atoms with Crippen LogP contribution in [0.2, 0.25) is 0 Å². The Kier molecular flexibility index (Phi) is 11.1. The molecule has 0 saturated carbocycles. The number of carbonyl (C=O) groups excluding carboxylic acids is 1. The number of hydrogen-bond donors (Lipinski definition) is 2. The molecule has 0 aromatic carbocycles. The summed E-state index contributed by atoms with van der Waals surface area (Å²) >= 11 is 0. The maximum absolute atomic E-state index is 11.6.